The molecule has 0 heterocycles. The van der Waals surface area contributed by atoms with Crippen LogP contribution in [0.15, 0.2) is 0 Å². The Bertz CT molecular complexity index is 177. The molecule has 0 aromatic heterocycles. The fourth-order valence-electron chi connectivity index (χ4n) is 4.05. The molecule has 0 spiro atoms. The summed E-state index contributed by atoms with van der Waals surface area (Å²) >= 11 is 0. The molecule has 15 heavy (non-hydrogen) atoms. The van der Waals surface area contributed by atoms with Gasteiger partial charge in [-0.15, -0.1) is 0 Å². The van der Waals surface area contributed by atoms with Crippen LogP contribution in [0.4, 0.5) is 0 Å². The van der Waals surface area contributed by atoms with E-state index in [0.717, 1.165) is 28.9 Å². The standard InChI is InChI=1S/C13H26OSi/c1-13(10-14-15,11-6-2-3-7-11)12-8-4-5-9-12/h11-12H,2-10H2,1,15H3. The van der Waals surface area contributed by atoms with Gasteiger partial charge in [-0.25, -0.2) is 0 Å². The number of hydrogen-bond donors (Lipinski definition) is 0. The van der Waals surface area contributed by atoms with Crippen LogP contribution < -0.4 is 0 Å². The lowest BCUT2D eigenvalue weighted by atomic mass is 9.67. The van der Waals surface area contributed by atoms with E-state index in [-0.39, 0.29) is 0 Å². The minimum atomic E-state index is 0.523. The van der Waals surface area contributed by atoms with Crippen LogP contribution in [0.2, 0.25) is 0 Å². The van der Waals surface area contributed by atoms with Gasteiger partial charge in [0.1, 0.15) is 10.5 Å². The van der Waals surface area contributed by atoms with Gasteiger partial charge in [-0.2, -0.15) is 0 Å². The molecule has 2 fully saturated rings. The first-order valence-corrected chi connectivity index (χ1v) is 7.58. The molecule has 0 aromatic rings. The Morgan fingerprint density at radius 2 is 1.40 bits per heavy atom. The molecular weight excluding hydrogens is 200 g/mol. The van der Waals surface area contributed by atoms with Crippen LogP contribution in [-0.4, -0.2) is 17.1 Å². The Morgan fingerprint density at radius 3 is 1.73 bits per heavy atom. The van der Waals surface area contributed by atoms with Gasteiger partial charge in [0.15, 0.2) is 0 Å². The molecule has 0 N–H and O–H groups in total. The van der Waals surface area contributed by atoms with E-state index in [2.05, 4.69) is 6.92 Å². The molecule has 0 bridgehead atoms. The molecule has 1 nitrogen and oxygen atoms in total. The molecule has 0 aliphatic heterocycles. The van der Waals surface area contributed by atoms with E-state index < -0.39 is 0 Å². The van der Waals surface area contributed by atoms with E-state index in [1.54, 1.807) is 0 Å². The molecule has 0 saturated heterocycles. The lowest BCUT2D eigenvalue weighted by molar-refractivity contribution is 0.0383. The molecule has 88 valence electrons. The van der Waals surface area contributed by atoms with Crippen LogP contribution in [0, 0.1) is 17.3 Å². The second kappa shape index (κ2) is 5.01. The van der Waals surface area contributed by atoms with Gasteiger partial charge < -0.3 is 4.43 Å². The Labute approximate surface area is 97.5 Å². The molecule has 0 atom stereocenters. The lowest BCUT2D eigenvalue weighted by Crippen LogP contribution is -2.37. The van der Waals surface area contributed by atoms with Crippen LogP contribution in [0.5, 0.6) is 0 Å². The van der Waals surface area contributed by atoms with Crippen molar-refractivity contribution in [3.05, 3.63) is 0 Å². The van der Waals surface area contributed by atoms with Crippen molar-refractivity contribution in [2.45, 2.75) is 58.3 Å². The summed E-state index contributed by atoms with van der Waals surface area (Å²) in [4.78, 5) is 0. The zero-order valence-electron chi connectivity index (χ0n) is 10.4. The third kappa shape index (κ3) is 2.31. The summed E-state index contributed by atoms with van der Waals surface area (Å²) in [5.41, 5.74) is 0.523. The van der Waals surface area contributed by atoms with Crippen molar-refractivity contribution in [3.63, 3.8) is 0 Å². The molecule has 2 aliphatic rings. The Balaban J connectivity index is 2.06. The van der Waals surface area contributed by atoms with Crippen molar-refractivity contribution in [1.82, 2.24) is 0 Å². The fourth-order valence-corrected chi connectivity index (χ4v) is 4.67. The molecule has 2 saturated carbocycles. The van der Waals surface area contributed by atoms with Gasteiger partial charge in [0.2, 0.25) is 0 Å². The Morgan fingerprint density at radius 1 is 1.00 bits per heavy atom. The van der Waals surface area contributed by atoms with Crippen LogP contribution in [0.1, 0.15) is 58.3 Å². The Kier molecular flexibility index (Phi) is 3.89. The van der Waals surface area contributed by atoms with Gasteiger partial charge in [0.25, 0.3) is 0 Å². The predicted molar refractivity (Wildman–Crippen MR) is 67.9 cm³/mol. The molecule has 2 rings (SSSR count). The summed E-state index contributed by atoms with van der Waals surface area (Å²) < 4.78 is 5.67. The highest BCUT2D eigenvalue weighted by Crippen LogP contribution is 2.50. The maximum atomic E-state index is 5.67. The van der Waals surface area contributed by atoms with Gasteiger partial charge in [-0.3, -0.25) is 0 Å². The first-order valence-electron chi connectivity index (χ1n) is 6.76. The van der Waals surface area contributed by atoms with E-state index >= 15 is 0 Å². The van der Waals surface area contributed by atoms with E-state index in [1.807, 2.05) is 0 Å². The third-order valence-corrected chi connectivity index (χ3v) is 5.32. The first-order chi connectivity index (χ1) is 7.27. The average Bonchev–Trinajstić information content (AvgIpc) is 2.92. The summed E-state index contributed by atoms with van der Waals surface area (Å²) in [7, 11) is 0.912. The number of hydrogen-bond acceptors (Lipinski definition) is 1. The predicted octanol–water partition coefficient (Wildman–Crippen LogP) is 2.67. The van der Waals surface area contributed by atoms with Crippen LogP contribution in [0.25, 0.3) is 0 Å². The van der Waals surface area contributed by atoms with Crippen molar-refractivity contribution in [3.8, 4) is 0 Å². The molecule has 2 aliphatic carbocycles. The summed E-state index contributed by atoms with van der Waals surface area (Å²) in [5, 5.41) is 0. The summed E-state index contributed by atoms with van der Waals surface area (Å²) in [6, 6.07) is 0. The van der Waals surface area contributed by atoms with E-state index in [4.69, 9.17) is 4.43 Å². The maximum absolute atomic E-state index is 5.67. The zero-order valence-corrected chi connectivity index (χ0v) is 12.4. The molecule has 0 amide bonds. The first kappa shape index (κ1) is 11.7. The topological polar surface area (TPSA) is 9.23 Å². The average molecular weight is 226 g/mol. The second-order valence-corrected chi connectivity index (χ2v) is 6.48. The summed E-state index contributed by atoms with van der Waals surface area (Å²) in [6.07, 6.45) is 11.7. The van der Waals surface area contributed by atoms with Gasteiger partial charge in [0.05, 0.1) is 0 Å². The van der Waals surface area contributed by atoms with Crippen molar-refractivity contribution in [2.24, 2.45) is 17.3 Å². The van der Waals surface area contributed by atoms with Crippen LogP contribution in [-0.2, 0) is 4.43 Å². The highest BCUT2D eigenvalue weighted by molar-refractivity contribution is 5.97. The van der Waals surface area contributed by atoms with Gasteiger partial charge in [-0.05, 0) is 42.9 Å². The van der Waals surface area contributed by atoms with E-state index in [0.29, 0.717) is 5.41 Å². The molecule has 0 unspecified atom stereocenters. The molecule has 0 aromatic carbocycles. The van der Waals surface area contributed by atoms with Gasteiger partial charge in [-0.1, -0.05) is 32.6 Å². The largest absolute Gasteiger partial charge is 0.427 e. The smallest absolute Gasteiger partial charge is 0.145 e. The molecular formula is C13H26OSi. The highest BCUT2D eigenvalue weighted by Gasteiger charge is 2.42. The second-order valence-electron chi connectivity index (χ2n) is 5.90. The number of rotatable bonds is 4. The molecule has 0 radical (unpaired) electrons. The van der Waals surface area contributed by atoms with Crippen molar-refractivity contribution in [2.75, 3.05) is 6.61 Å². The highest BCUT2D eigenvalue weighted by atomic mass is 28.2. The Hall–Kier alpha value is 0.177. The van der Waals surface area contributed by atoms with Crippen LogP contribution in [0.3, 0.4) is 0 Å². The third-order valence-electron chi connectivity index (χ3n) is 5.03. The molecule has 2 heteroatoms. The van der Waals surface area contributed by atoms with E-state index in [1.165, 1.54) is 51.4 Å². The normalized spacial score (nSPS) is 25.4. The van der Waals surface area contributed by atoms with Gasteiger partial charge in [0, 0.05) is 6.61 Å². The van der Waals surface area contributed by atoms with Crippen molar-refractivity contribution in [1.29, 1.82) is 0 Å². The quantitative estimate of drug-likeness (QED) is 0.670. The van der Waals surface area contributed by atoms with Crippen molar-refractivity contribution < 1.29 is 4.43 Å². The van der Waals surface area contributed by atoms with Crippen LogP contribution >= 0.6 is 0 Å². The SMILES string of the molecule is CC(CO[SiH3])(C1CCCC1)C1CCCC1. The zero-order chi connectivity index (χ0) is 10.7. The van der Waals surface area contributed by atoms with Crippen molar-refractivity contribution >= 4 is 10.5 Å². The van der Waals surface area contributed by atoms with Gasteiger partial charge >= 0.3 is 0 Å². The monoisotopic (exact) mass is 226 g/mol. The maximum Gasteiger partial charge on any atom is 0.145 e. The summed E-state index contributed by atoms with van der Waals surface area (Å²) in [5.74, 6) is 1.93. The summed E-state index contributed by atoms with van der Waals surface area (Å²) in [6.45, 7) is 3.57. The lowest BCUT2D eigenvalue weighted by Gasteiger charge is -2.41. The van der Waals surface area contributed by atoms with E-state index in [9.17, 15) is 0 Å². The minimum Gasteiger partial charge on any atom is -0.427 e. The minimum absolute atomic E-state index is 0.523. The fraction of sp³-hybridized carbons (Fsp3) is 1.00.